The largest absolute Gasteiger partial charge is 0.497 e. The first-order valence-corrected chi connectivity index (χ1v) is 9.27. The van der Waals surface area contributed by atoms with Crippen molar-refractivity contribution < 1.29 is 19.0 Å². The van der Waals surface area contributed by atoms with Gasteiger partial charge in [0.1, 0.15) is 18.1 Å². The molecule has 7 heteroatoms. The summed E-state index contributed by atoms with van der Waals surface area (Å²) in [5.74, 6) is 1.15. The van der Waals surface area contributed by atoms with Gasteiger partial charge in [0.15, 0.2) is 0 Å². The molecule has 0 radical (unpaired) electrons. The van der Waals surface area contributed by atoms with Crippen molar-refractivity contribution in [3.05, 3.63) is 64.4 Å². The van der Waals surface area contributed by atoms with Crippen LogP contribution < -0.4 is 19.9 Å². The predicted molar refractivity (Wildman–Crippen MR) is 112 cm³/mol. The molecule has 1 aromatic heterocycles. The molecular weight excluding hydrogens is 372 g/mol. The highest BCUT2D eigenvalue weighted by molar-refractivity contribution is 5.94. The summed E-state index contributed by atoms with van der Waals surface area (Å²) in [6.45, 7) is 2.48. The summed E-state index contributed by atoms with van der Waals surface area (Å²) in [5, 5.41) is 0.824. The molecule has 0 aliphatic carbocycles. The number of H-pyrrole nitrogens is 1. The number of rotatable bonds is 8. The van der Waals surface area contributed by atoms with E-state index in [1.165, 1.54) is 12.0 Å². The molecule has 0 aliphatic heterocycles. The molecule has 0 saturated carbocycles. The molecule has 1 N–H and O–H groups in total. The zero-order valence-corrected chi connectivity index (χ0v) is 16.7. The molecule has 29 heavy (non-hydrogen) atoms. The second kappa shape index (κ2) is 9.25. The van der Waals surface area contributed by atoms with Gasteiger partial charge in [-0.15, -0.1) is 0 Å². The molecule has 0 unspecified atom stereocenters. The maximum Gasteiger partial charge on any atom is 0.253 e. The zero-order chi connectivity index (χ0) is 20.8. The molecule has 7 nitrogen and oxygen atoms in total. The summed E-state index contributed by atoms with van der Waals surface area (Å²) in [5.41, 5.74) is 1.57. The van der Waals surface area contributed by atoms with Crippen LogP contribution in [0.15, 0.2) is 53.3 Å². The molecule has 0 atom stereocenters. The molecule has 0 bridgehead atoms. The van der Waals surface area contributed by atoms with Gasteiger partial charge in [0.05, 0.1) is 20.3 Å². The Morgan fingerprint density at radius 3 is 2.41 bits per heavy atom. The fourth-order valence-electron chi connectivity index (χ4n) is 3.06. The lowest BCUT2D eigenvalue weighted by Gasteiger charge is -2.23. The first kappa shape index (κ1) is 20.4. The van der Waals surface area contributed by atoms with Crippen LogP contribution in [-0.2, 0) is 16.1 Å². The van der Waals surface area contributed by atoms with E-state index in [0.29, 0.717) is 34.9 Å². The van der Waals surface area contributed by atoms with Crippen molar-refractivity contribution in [2.75, 3.05) is 32.3 Å². The Kier molecular flexibility index (Phi) is 6.51. The SMILES string of the molecule is CCOc1ccc(N(Cc2cc3cc(OC)ccc3[nH]c2=O)C(=O)COC)cc1. The van der Waals surface area contributed by atoms with E-state index in [1.807, 2.05) is 13.0 Å². The summed E-state index contributed by atoms with van der Waals surface area (Å²) in [4.78, 5) is 29.7. The van der Waals surface area contributed by atoms with Gasteiger partial charge in [0.25, 0.3) is 11.5 Å². The van der Waals surface area contributed by atoms with Gasteiger partial charge in [0, 0.05) is 29.3 Å². The van der Waals surface area contributed by atoms with Crippen molar-refractivity contribution in [1.29, 1.82) is 0 Å². The summed E-state index contributed by atoms with van der Waals surface area (Å²) in [6, 6.07) is 14.4. The van der Waals surface area contributed by atoms with Gasteiger partial charge in [-0.3, -0.25) is 9.59 Å². The Morgan fingerprint density at radius 2 is 1.76 bits per heavy atom. The lowest BCUT2D eigenvalue weighted by molar-refractivity contribution is -0.122. The van der Waals surface area contributed by atoms with Crippen molar-refractivity contribution in [3.8, 4) is 11.5 Å². The maximum atomic E-state index is 12.7. The normalized spacial score (nSPS) is 10.7. The minimum atomic E-state index is -0.248. The van der Waals surface area contributed by atoms with E-state index in [2.05, 4.69) is 4.98 Å². The molecule has 3 rings (SSSR count). The Morgan fingerprint density at radius 1 is 1.03 bits per heavy atom. The summed E-state index contributed by atoms with van der Waals surface area (Å²) < 4.78 is 15.7. The van der Waals surface area contributed by atoms with Crippen molar-refractivity contribution in [1.82, 2.24) is 4.98 Å². The summed E-state index contributed by atoms with van der Waals surface area (Å²) in [6.07, 6.45) is 0. The number of methoxy groups -OCH3 is 2. The van der Waals surface area contributed by atoms with Crippen molar-refractivity contribution >= 4 is 22.5 Å². The fraction of sp³-hybridized carbons (Fsp3) is 0.273. The smallest absolute Gasteiger partial charge is 0.253 e. The number of carbonyl (C=O) groups excluding carboxylic acids is 1. The van der Waals surface area contributed by atoms with Crippen LogP contribution in [0.1, 0.15) is 12.5 Å². The quantitative estimate of drug-likeness (QED) is 0.633. The van der Waals surface area contributed by atoms with Crippen LogP contribution in [0.4, 0.5) is 5.69 Å². The zero-order valence-electron chi connectivity index (χ0n) is 16.7. The number of aromatic amines is 1. The number of nitrogens with one attached hydrogen (secondary N) is 1. The number of amides is 1. The standard InChI is InChI=1S/C22H24N2O5/c1-4-29-18-7-5-17(6-8-18)24(21(25)14-27-2)13-16-11-15-12-19(28-3)9-10-20(15)23-22(16)26/h5-12H,4,13-14H2,1-3H3,(H,23,26). The van der Waals surface area contributed by atoms with Gasteiger partial charge in [-0.2, -0.15) is 0 Å². The maximum absolute atomic E-state index is 12.7. The van der Waals surface area contributed by atoms with Crippen LogP contribution in [0.5, 0.6) is 11.5 Å². The van der Waals surface area contributed by atoms with Crippen LogP contribution in [0.2, 0.25) is 0 Å². The van der Waals surface area contributed by atoms with E-state index in [0.717, 1.165) is 5.39 Å². The average molecular weight is 396 g/mol. The van der Waals surface area contributed by atoms with E-state index in [1.54, 1.807) is 49.6 Å². The number of anilines is 1. The van der Waals surface area contributed by atoms with Crippen LogP contribution in [0.25, 0.3) is 10.9 Å². The second-order valence-corrected chi connectivity index (χ2v) is 6.42. The summed E-state index contributed by atoms with van der Waals surface area (Å²) in [7, 11) is 3.05. The number of benzene rings is 2. The Hall–Kier alpha value is -3.32. The van der Waals surface area contributed by atoms with Crippen LogP contribution in [-0.4, -0.2) is 38.3 Å². The number of fused-ring (bicyclic) bond motifs is 1. The molecule has 0 fully saturated rings. The topological polar surface area (TPSA) is 80.9 Å². The van der Waals surface area contributed by atoms with Gasteiger partial charge in [-0.1, -0.05) is 0 Å². The second-order valence-electron chi connectivity index (χ2n) is 6.42. The highest BCUT2D eigenvalue weighted by Crippen LogP contribution is 2.23. The van der Waals surface area contributed by atoms with Gasteiger partial charge in [0.2, 0.25) is 0 Å². The van der Waals surface area contributed by atoms with Crippen molar-refractivity contribution in [2.24, 2.45) is 0 Å². The molecule has 0 spiro atoms. The number of nitrogens with zero attached hydrogens (tertiary/aromatic N) is 1. The molecule has 3 aromatic rings. The molecule has 152 valence electrons. The Balaban J connectivity index is 1.97. The lowest BCUT2D eigenvalue weighted by atomic mass is 10.1. The first-order chi connectivity index (χ1) is 14.0. The number of hydrogen-bond donors (Lipinski definition) is 1. The van der Waals surface area contributed by atoms with Crippen molar-refractivity contribution in [3.63, 3.8) is 0 Å². The average Bonchev–Trinajstić information content (AvgIpc) is 2.73. The summed E-state index contributed by atoms with van der Waals surface area (Å²) >= 11 is 0. The predicted octanol–water partition coefficient (Wildman–Crippen LogP) is 3.12. The Bertz CT molecular complexity index is 1040. The number of aromatic nitrogens is 1. The monoisotopic (exact) mass is 396 g/mol. The lowest BCUT2D eigenvalue weighted by Crippen LogP contribution is -2.35. The number of carbonyl (C=O) groups is 1. The van der Waals surface area contributed by atoms with E-state index >= 15 is 0 Å². The molecule has 0 aliphatic rings. The van der Waals surface area contributed by atoms with E-state index < -0.39 is 0 Å². The minimum Gasteiger partial charge on any atom is -0.497 e. The van der Waals surface area contributed by atoms with E-state index in [-0.39, 0.29) is 24.6 Å². The number of hydrogen-bond acceptors (Lipinski definition) is 5. The highest BCUT2D eigenvalue weighted by Gasteiger charge is 2.18. The van der Waals surface area contributed by atoms with E-state index in [4.69, 9.17) is 14.2 Å². The number of ether oxygens (including phenoxy) is 3. The third kappa shape index (κ3) is 4.75. The van der Waals surface area contributed by atoms with Gasteiger partial charge < -0.3 is 24.1 Å². The molecule has 0 saturated heterocycles. The van der Waals surface area contributed by atoms with Crippen LogP contribution >= 0.6 is 0 Å². The third-order valence-electron chi connectivity index (χ3n) is 4.49. The Labute approximate surface area is 168 Å². The van der Waals surface area contributed by atoms with E-state index in [9.17, 15) is 9.59 Å². The van der Waals surface area contributed by atoms with Gasteiger partial charge in [-0.25, -0.2) is 0 Å². The third-order valence-corrected chi connectivity index (χ3v) is 4.49. The number of pyridine rings is 1. The highest BCUT2D eigenvalue weighted by atomic mass is 16.5. The van der Waals surface area contributed by atoms with Gasteiger partial charge in [-0.05, 0) is 55.5 Å². The fourth-order valence-corrected chi connectivity index (χ4v) is 3.06. The molecule has 1 amide bonds. The van der Waals surface area contributed by atoms with Crippen molar-refractivity contribution in [2.45, 2.75) is 13.5 Å². The molecule has 2 aromatic carbocycles. The van der Waals surface area contributed by atoms with Crippen LogP contribution in [0.3, 0.4) is 0 Å². The minimum absolute atomic E-state index is 0.0908. The molecule has 1 heterocycles. The van der Waals surface area contributed by atoms with Crippen LogP contribution in [0, 0.1) is 0 Å². The molecular formula is C22H24N2O5. The first-order valence-electron chi connectivity index (χ1n) is 9.27. The van der Waals surface area contributed by atoms with Gasteiger partial charge >= 0.3 is 0 Å².